The highest BCUT2D eigenvalue weighted by atomic mass is 35.5. The molecule has 0 radical (unpaired) electrons. The summed E-state index contributed by atoms with van der Waals surface area (Å²) >= 11 is 11.9. The van der Waals surface area contributed by atoms with Crippen molar-refractivity contribution in [1.82, 2.24) is 19.5 Å². The van der Waals surface area contributed by atoms with E-state index in [1.807, 2.05) is 30.3 Å². The summed E-state index contributed by atoms with van der Waals surface area (Å²) < 4.78 is 4.43. The molecular formula is C27H28ClN5S. The van der Waals surface area contributed by atoms with Gasteiger partial charge < -0.3 is 15.2 Å². The largest absolute Gasteiger partial charge is 0.378 e. The fraction of sp³-hybridized carbons (Fsp3) is 0.259. The first-order valence-corrected chi connectivity index (χ1v) is 12.4. The van der Waals surface area contributed by atoms with E-state index in [1.165, 1.54) is 22.3 Å². The molecule has 174 valence electrons. The van der Waals surface area contributed by atoms with Gasteiger partial charge in [0, 0.05) is 34.9 Å². The summed E-state index contributed by atoms with van der Waals surface area (Å²) in [6.07, 6.45) is 5.09. The van der Waals surface area contributed by atoms with E-state index in [2.05, 4.69) is 57.5 Å². The normalized spacial score (nSPS) is 13.0. The van der Waals surface area contributed by atoms with E-state index in [0.717, 1.165) is 53.7 Å². The predicted molar refractivity (Wildman–Crippen MR) is 145 cm³/mol. The molecule has 4 aromatic rings. The fourth-order valence-corrected chi connectivity index (χ4v) is 5.07. The van der Waals surface area contributed by atoms with Crippen molar-refractivity contribution in [3.63, 3.8) is 0 Å². The maximum Gasteiger partial charge on any atom is 0.150 e. The first kappa shape index (κ1) is 22.7. The Bertz CT molecular complexity index is 1350. The van der Waals surface area contributed by atoms with E-state index in [9.17, 15) is 0 Å². The first-order chi connectivity index (χ1) is 16.6. The maximum atomic E-state index is 6.04. The second kappa shape index (κ2) is 9.65. The molecule has 0 aliphatic carbocycles. The van der Waals surface area contributed by atoms with Gasteiger partial charge >= 0.3 is 0 Å². The van der Waals surface area contributed by atoms with Crippen molar-refractivity contribution < 1.29 is 0 Å². The van der Waals surface area contributed by atoms with Crippen LogP contribution in [0, 0.1) is 6.92 Å². The molecule has 2 N–H and O–H groups in total. The number of aromatic nitrogens is 3. The van der Waals surface area contributed by atoms with Gasteiger partial charge in [0.05, 0.1) is 6.54 Å². The minimum atomic E-state index is 0.612. The zero-order valence-corrected chi connectivity index (χ0v) is 20.8. The van der Waals surface area contributed by atoms with Crippen LogP contribution in [0.15, 0.2) is 61.2 Å². The zero-order chi connectivity index (χ0) is 23.7. The highest BCUT2D eigenvalue weighted by Gasteiger charge is 2.28. The number of hydrogen-bond acceptors (Lipinski definition) is 3. The van der Waals surface area contributed by atoms with Crippen LogP contribution in [-0.4, -0.2) is 25.7 Å². The van der Waals surface area contributed by atoms with Gasteiger partial charge in [-0.05, 0) is 56.0 Å². The SMILES string of the molecule is C=CCNC(=S)c1c(-c2ccc(C)cc2)c2c3n(c(CNc4ccc(Cl)cc4)nn13)CCCC2. The number of thiocarbonyl (C=S) groups is 1. The minimum Gasteiger partial charge on any atom is -0.378 e. The molecule has 34 heavy (non-hydrogen) atoms. The van der Waals surface area contributed by atoms with E-state index in [-0.39, 0.29) is 0 Å². The molecule has 0 unspecified atom stereocenters. The molecule has 0 saturated heterocycles. The van der Waals surface area contributed by atoms with Crippen molar-refractivity contribution in [3.05, 3.63) is 88.9 Å². The van der Waals surface area contributed by atoms with Crippen LogP contribution in [0.3, 0.4) is 0 Å². The van der Waals surface area contributed by atoms with Gasteiger partial charge in [-0.1, -0.05) is 59.7 Å². The third-order valence-corrected chi connectivity index (χ3v) is 6.91. The number of benzene rings is 2. The number of rotatable bonds is 7. The minimum absolute atomic E-state index is 0.612. The average molecular weight is 490 g/mol. The van der Waals surface area contributed by atoms with E-state index >= 15 is 0 Å². The molecule has 2 aromatic heterocycles. The van der Waals surface area contributed by atoms with Crippen LogP contribution in [0.2, 0.25) is 5.02 Å². The molecule has 0 spiro atoms. The van der Waals surface area contributed by atoms with Crippen LogP contribution in [0.25, 0.3) is 16.8 Å². The Balaban J connectivity index is 1.64. The lowest BCUT2D eigenvalue weighted by Gasteiger charge is -2.11. The molecule has 1 aliphatic heterocycles. The lowest BCUT2D eigenvalue weighted by atomic mass is 9.97. The Morgan fingerprint density at radius 1 is 1.15 bits per heavy atom. The Morgan fingerprint density at radius 2 is 1.91 bits per heavy atom. The van der Waals surface area contributed by atoms with E-state index < -0.39 is 0 Å². The first-order valence-electron chi connectivity index (χ1n) is 11.7. The second-order valence-electron chi connectivity index (χ2n) is 8.69. The highest BCUT2D eigenvalue weighted by molar-refractivity contribution is 7.80. The number of nitrogens with one attached hydrogen (secondary N) is 2. The molecule has 7 heteroatoms. The van der Waals surface area contributed by atoms with Crippen molar-refractivity contribution in [1.29, 1.82) is 0 Å². The monoisotopic (exact) mass is 489 g/mol. The molecule has 0 amide bonds. The summed E-state index contributed by atoms with van der Waals surface area (Å²) in [5, 5.41) is 12.7. The Morgan fingerprint density at radius 3 is 2.65 bits per heavy atom. The van der Waals surface area contributed by atoms with E-state index in [4.69, 9.17) is 28.9 Å². The number of hydrogen-bond donors (Lipinski definition) is 2. The highest BCUT2D eigenvalue weighted by Crippen LogP contribution is 2.37. The Kier molecular flexibility index (Phi) is 6.44. The summed E-state index contributed by atoms with van der Waals surface area (Å²) in [6.45, 7) is 8.12. The molecule has 5 rings (SSSR count). The quantitative estimate of drug-likeness (QED) is 0.241. The van der Waals surface area contributed by atoms with Crippen molar-refractivity contribution >= 4 is 40.1 Å². The van der Waals surface area contributed by atoms with Gasteiger partial charge in [0.15, 0.2) is 5.82 Å². The predicted octanol–water partition coefficient (Wildman–Crippen LogP) is 6.16. The van der Waals surface area contributed by atoms with Gasteiger partial charge in [0.25, 0.3) is 0 Å². The van der Waals surface area contributed by atoms with Crippen LogP contribution in [-0.2, 0) is 19.5 Å². The summed E-state index contributed by atoms with van der Waals surface area (Å²) in [6, 6.07) is 16.5. The van der Waals surface area contributed by atoms with Crippen molar-refractivity contribution in [2.45, 2.75) is 39.3 Å². The van der Waals surface area contributed by atoms with Crippen LogP contribution in [0.1, 0.15) is 35.5 Å². The Labute approximate surface area is 210 Å². The summed E-state index contributed by atoms with van der Waals surface area (Å²) in [4.78, 5) is 0.694. The third kappa shape index (κ3) is 4.24. The third-order valence-electron chi connectivity index (χ3n) is 6.32. The molecule has 2 aromatic carbocycles. The van der Waals surface area contributed by atoms with Crippen molar-refractivity contribution in [3.8, 4) is 11.1 Å². The van der Waals surface area contributed by atoms with Gasteiger partial charge in [-0.2, -0.15) is 5.10 Å². The lowest BCUT2D eigenvalue weighted by molar-refractivity contribution is 0.619. The zero-order valence-electron chi connectivity index (χ0n) is 19.3. The number of nitrogens with zero attached hydrogens (tertiary/aromatic N) is 3. The van der Waals surface area contributed by atoms with Gasteiger partial charge in [0.2, 0.25) is 0 Å². The molecule has 0 fully saturated rings. The molecule has 1 aliphatic rings. The van der Waals surface area contributed by atoms with E-state index in [1.54, 1.807) is 0 Å². The summed E-state index contributed by atoms with van der Waals surface area (Å²) in [5.41, 5.74) is 8.06. The molecule has 5 nitrogen and oxygen atoms in total. The van der Waals surface area contributed by atoms with E-state index in [0.29, 0.717) is 18.1 Å². The molecular weight excluding hydrogens is 462 g/mol. The average Bonchev–Trinajstić information content (AvgIpc) is 3.24. The molecule has 0 atom stereocenters. The number of aryl methyl sites for hydroxylation is 3. The Hall–Kier alpha value is -3.09. The van der Waals surface area contributed by atoms with Gasteiger partial charge in [-0.15, -0.1) is 6.58 Å². The smallest absolute Gasteiger partial charge is 0.150 e. The van der Waals surface area contributed by atoms with Gasteiger partial charge in [-0.3, -0.25) is 0 Å². The van der Waals surface area contributed by atoms with Crippen molar-refractivity contribution in [2.75, 3.05) is 11.9 Å². The summed E-state index contributed by atoms with van der Waals surface area (Å²) in [7, 11) is 0. The topological polar surface area (TPSA) is 46.3 Å². The van der Waals surface area contributed by atoms with Crippen molar-refractivity contribution in [2.24, 2.45) is 0 Å². The maximum absolute atomic E-state index is 6.04. The standard InChI is InChI=1S/C27H28ClN5S/c1-3-15-29-26(34)25-24(19-9-7-18(2)8-10-19)22-6-4-5-16-32-23(31-33(25)27(22)32)17-30-21-13-11-20(28)12-14-21/h3,7-14,30H,1,4-6,15-17H2,2H3,(H,29,34). The molecule has 3 heterocycles. The fourth-order valence-electron chi connectivity index (χ4n) is 4.67. The number of anilines is 1. The lowest BCUT2D eigenvalue weighted by Crippen LogP contribution is -2.24. The molecule has 0 saturated carbocycles. The van der Waals surface area contributed by atoms with Gasteiger partial charge in [0.1, 0.15) is 16.3 Å². The van der Waals surface area contributed by atoms with Crippen LogP contribution < -0.4 is 10.6 Å². The van der Waals surface area contributed by atoms with Gasteiger partial charge in [-0.25, -0.2) is 4.52 Å². The van der Waals surface area contributed by atoms with Crippen LogP contribution >= 0.6 is 23.8 Å². The number of halogens is 1. The van der Waals surface area contributed by atoms with Crippen LogP contribution in [0.4, 0.5) is 5.69 Å². The summed E-state index contributed by atoms with van der Waals surface area (Å²) in [5.74, 6) is 0.997. The van der Waals surface area contributed by atoms with Crippen LogP contribution in [0.5, 0.6) is 0 Å². The second-order valence-corrected chi connectivity index (χ2v) is 9.53. The molecule has 0 bridgehead atoms.